The number of nitrogens with zero attached hydrogens (tertiary/aromatic N) is 1. The number of hydrogen-bond acceptors (Lipinski definition) is 5. The molecule has 2 rings (SSSR count). The molecule has 2 aromatic rings. The number of halogens is 1. The van der Waals surface area contributed by atoms with Crippen molar-refractivity contribution < 1.29 is 17.9 Å². The third kappa shape index (κ3) is 3.75. The molecule has 0 unspecified atom stereocenters. The van der Waals surface area contributed by atoms with Crippen LogP contribution in [0.15, 0.2) is 41.4 Å². The van der Waals surface area contributed by atoms with Crippen molar-refractivity contribution in [3.8, 4) is 5.88 Å². The van der Waals surface area contributed by atoms with Crippen molar-refractivity contribution in [3.63, 3.8) is 0 Å². The standard InChI is InChI=1S/C14H13ClN2O4S/c1-21-13-6-4-10(8-16-13)17-14(18)9-3-5-11(15)12(7-9)22(2,19)20/h3-8H,1-2H3,(H,17,18). The molecule has 0 saturated heterocycles. The van der Waals surface area contributed by atoms with Gasteiger partial charge < -0.3 is 10.1 Å². The van der Waals surface area contributed by atoms with Gasteiger partial charge in [0, 0.05) is 17.9 Å². The molecule has 0 fully saturated rings. The summed E-state index contributed by atoms with van der Waals surface area (Å²) in [5.41, 5.74) is 0.641. The van der Waals surface area contributed by atoms with Crippen LogP contribution in [0.2, 0.25) is 5.02 Å². The van der Waals surface area contributed by atoms with E-state index >= 15 is 0 Å². The molecule has 6 nitrogen and oxygen atoms in total. The Labute approximate surface area is 133 Å². The van der Waals surface area contributed by atoms with Crippen molar-refractivity contribution >= 4 is 33.0 Å². The molecule has 1 aromatic carbocycles. The molecule has 116 valence electrons. The van der Waals surface area contributed by atoms with E-state index in [9.17, 15) is 13.2 Å². The molecule has 0 spiro atoms. The highest BCUT2D eigenvalue weighted by Crippen LogP contribution is 2.23. The summed E-state index contributed by atoms with van der Waals surface area (Å²) < 4.78 is 28.2. The molecule has 1 heterocycles. The molecule has 0 aliphatic rings. The lowest BCUT2D eigenvalue weighted by Crippen LogP contribution is -2.13. The number of methoxy groups -OCH3 is 1. The van der Waals surface area contributed by atoms with E-state index in [1.807, 2.05) is 0 Å². The first kappa shape index (κ1) is 16.3. The van der Waals surface area contributed by atoms with E-state index in [2.05, 4.69) is 10.3 Å². The molecule has 1 amide bonds. The zero-order chi connectivity index (χ0) is 16.3. The quantitative estimate of drug-likeness (QED) is 0.923. The summed E-state index contributed by atoms with van der Waals surface area (Å²) >= 11 is 5.84. The maximum atomic E-state index is 12.2. The minimum absolute atomic E-state index is 0.0742. The van der Waals surface area contributed by atoms with Crippen molar-refractivity contribution in [1.82, 2.24) is 4.98 Å². The van der Waals surface area contributed by atoms with Crippen LogP contribution in [0, 0.1) is 0 Å². The molecule has 22 heavy (non-hydrogen) atoms. The van der Waals surface area contributed by atoms with Gasteiger partial charge in [0.25, 0.3) is 5.91 Å². The molecular weight excluding hydrogens is 328 g/mol. The summed E-state index contributed by atoms with van der Waals surface area (Å²) in [6.45, 7) is 0. The smallest absolute Gasteiger partial charge is 0.255 e. The Morgan fingerprint density at radius 3 is 2.55 bits per heavy atom. The van der Waals surface area contributed by atoms with Gasteiger partial charge in [-0.2, -0.15) is 0 Å². The molecule has 1 aromatic heterocycles. The minimum atomic E-state index is -3.51. The van der Waals surface area contributed by atoms with Crippen molar-refractivity contribution in [2.24, 2.45) is 0 Å². The van der Waals surface area contributed by atoms with Crippen LogP contribution in [0.1, 0.15) is 10.4 Å². The lowest BCUT2D eigenvalue weighted by molar-refractivity contribution is 0.102. The number of pyridine rings is 1. The number of hydrogen-bond donors (Lipinski definition) is 1. The lowest BCUT2D eigenvalue weighted by atomic mass is 10.2. The van der Waals surface area contributed by atoms with Gasteiger partial charge in [-0.05, 0) is 24.3 Å². The predicted octanol–water partition coefficient (Wildman–Crippen LogP) is 2.40. The van der Waals surface area contributed by atoms with Crippen LogP contribution in [0.4, 0.5) is 5.69 Å². The van der Waals surface area contributed by atoms with Gasteiger partial charge in [-0.25, -0.2) is 13.4 Å². The largest absolute Gasteiger partial charge is 0.481 e. The monoisotopic (exact) mass is 340 g/mol. The Hall–Kier alpha value is -2.12. The number of carbonyl (C=O) groups is 1. The SMILES string of the molecule is COc1ccc(NC(=O)c2ccc(Cl)c(S(C)(=O)=O)c2)cn1. The van der Waals surface area contributed by atoms with Crippen molar-refractivity contribution in [3.05, 3.63) is 47.1 Å². The number of nitrogens with one attached hydrogen (secondary N) is 1. The van der Waals surface area contributed by atoms with E-state index in [1.165, 1.54) is 31.5 Å². The van der Waals surface area contributed by atoms with Gasteiger partial charge in [-0.1, -0.05) is 11.6 Å². The normalized spacial score (nSPS) is 11.0. The zero-order valence-electron chi connectivity index (χ0n) is 11.8. The van der Waals surface area contributed by atoms with E-state index in [0.717, 1.165) is 6.26 Å². The summed E-state index contributed by atoms with van der Waals surface area (Å²) in [6, 6.07) is 7.28. The molecule has 0 saturated carbocycles. The third-order valence-corrected chi connectivity index (χ3v) is 4.37. The van der Waals surface area contributed by atoms with E-state index in [0.29, 0.717) is 11.6 Å². The van der Waals surface area contributed by atoms with E-state index in [-0.39, 0.29) is 15.5 Å². The number of aromatic nitrogens is 1. The van der Waals surface area contributed by atoms with Gasteiger partial charge in [-0.15, -0.1) is 0 Å². The summed E-state index contributed by atoms with van der Waals surface area (Å²) in [7, 11) is -2.03. The van der Waals surface area contributed by atoms with Crippen LogP contribution < -0.4 is 10.1 Å². The Balaban J connectivity index is 2.26. The second-order valence-electron chi connectivity index (χ2n) is 4.46. The second-order valence-corrected chi connectivity index (χ2v) is 6.85. The number of anilines is 1. The van der Waals surface area contributed by atoms with Crippen molar-refractivity contribution in [2.45, 2.75) is 4.90 Å². The summed E-state index contributed by atoms with van der Waals surface area (Å²) in [6.07, 6.45) is 2.47. The van der Waals surface area contributed by atoms with Crippen LogP contribution in [-0.2, 0) is 9.84 Å². The maximum Gasteiger partial charge on any atom is 0.255 e. The average Bonchev–Trinajstić information content (AvgIpc) is 2.47. The van der Waals surface area contributed by atoms with Gasteiger partial charge in [-0.3, -0.25) is 4.79 Å². The zero-order valence-corrected chi connectivity index (χ0v) is 13.4. The average molecular weight is 341 g/mol. The number of amides is 1. The van der Waals surface area contributed by atoms with Crippen LogP contribution in [0.25, 0.3) is 0 Å². The number of carbonyl (C=O) groups excluding carboxylic acids is 1. The Morgan fingerprint density at radius 2 is 2.00 bits per heavy atom. The first-order chi connectivity index (χ1) is 10.3. The molecule has 0 bridgehead atoms. The molecular formula is C14H13ClN2O4S. The van der Waals surface area contributed by atoms with Crippen LogP contribution in [0.3, 0.4) is 0 Å². The predicted molar refractivity (Wildman–Crippen MR) is 83.3 cm³/mol. The first-order valence-corrected chi connectivity index (χ1v) is 8.39. The maximum absolute atomic E-state index is 12.2. The van der Waals surface area contributed by atoms with E-state index in [1.54, 1.807) is 12.1 Å². The van der Waals surface area contributed by atoms with E-state index < -0.39 is 15.7 Å². The molecule has 0 atom stereocenters. The fourth-order valence-corrected chi connectivity index (χ4v) is 3.01. The Morgan fingerprint density at radius 1 is 1.27 bits per heavy atom. The highest BCUT2D eigenvalue weighted by atomic mass is 35.5. The molecule has 0 aliphatic heterocycles. The van der Waals surface area contributed by atoms with Crippen LogP contribution in [-0.4, -0.2) is 32.7 Å². The second kappa shape index (κ2) is 6.33. The number of sulfone groups is 1. The van der Waals surface area contributed by atoms with Gasteiger partial charge in [0.05, 0.1) is 28.9 Å². The van der Waals surface area contributed by atoms with E-state index in [4.69, 9.17) is 16.3 Å². The summed E-state index contributed by atoms with van der Waals surface area (Å²) in [5.74, 6) is -0.0441. The molecule has 0 radical (unpaired) electrons. The highest BCUT2D eigenvalue weighted by molar-refractivity contribution is 7.90. The molecule has 0 aliphatic carbocycles. The first-order valence-electron chi connectivity index (χ1n) is 6.12. The van der Waals surface area contributed by atoms with Gasteiger partial charge >= 0.3 is 0 Å². The number of rotatable bonds is 4. The molecule has 8 heteroatoms. The fraction of sp³-hybridized carbons (Fsp3) is 0.143. The lowest BCUT2D eigenvalue weighted by Gasteiger charge is -2.08. The summed E-state index contributed by atoms with van der Waals surface area (Å²) in [4.78, 5) is 16.0. The number of benzene rings is 1. The third-order valence-electron chi connectivity index (χ3n) is 2.80. The number of ether oxygens (including phenoxy) is 1. The molecule has 1 N–H and O–H groups in total. The highest BCUT2D eigenvalue weighted by Gasteiger charge is 2.16. The topological polar surface area (TPSA) is 85.4 Å². The Kier molecular flexibility index (Phi) is 4.68. The minimum Gasteiger partial charge on any atom is -0.481 e. The van der Waals surface area contributed by atoms with Gasteiger partial charge in [0.15, 0.2) is 9.84 Å². The van der Waals surface area contributed by atoms with Crippen LogP contribution in [0.5, 0.6) is 5.88 Å². The van der Waals surface area contributed by atoms with Gasteiger partial charge in [0.1, 0.15) is 0 Å². The van der Waals surface area contributed by atoms with Gasteiger partial charge in [0.2, 0.25) is 5.88 Å². The summed E-state index contributed by atoms with van der Waals surface area (Å²) in [5, 5.41) is 2.69. The van der Waals surface area contributed by atoms with Crippen LogP contribution >= 0.6 is 11.6 Å². The fourth-order valence-electron chi connectivity index (χ4n) is 1.71. The van der Waals surface area contributed by atoms with Crippen molar-refractivity contribution in [1.29, 1.82) is 0 Å². The Bertz CT molecular complexity index is 804. The van der Waals surface area contributed by atoms with Crippen molar-refractivity contribution in [2.75, 3.05) is 18.7 Å².